The lowest BCUT2D eigenvalue weighted by molar-refractivity contribution is 0.170. The van der Waals surface area contributed by atoms with E-state index in [9.17, 15) is 4.39 Å². The van der Waals surface area contributed by atoms with Crippen molar-refractivity contribution in [2.24, 2.45) is 0 Å². The van der Waals surface area contributed by atoms with E-state index in [2.05, 4.69) is 22.3 Å². The van der Waals surface area contributed by atoms with Crippen LogP contribution in [0.3, 0.4) is 0 Å². The SMILES string of the molecule is Fc1ccc(NC2CCCN(Cc3ccc4c(c3)OCCO4)C2)cc1. The minimum atomic E-state index is -0.200. The van der Waals surface area contributed by atoms with E-state index >= 15 is 0 Å². The number of nitrogens with one attached hydrogen (secondary N) is 1. The van der Waals surface area contributed by atoms with Crippen LogP contribution in [-0.2, 0) is 6.54 Å². The van der Waals surface area contributed by atoms with Crippen molar-refractivity contribution in [2.75, 3.05) is 31.6 Å². The zero-order chi connectivity index (χ0) is 17.1. The van der Waals surface area contributed by atoms with Crippen LogP contribution in [0.15, 0.2) is 42.5 Å². The molecule has 5 heteroatoms. The van der Waals surface area contributed by atoms with E-state index in [4.69, 9.17) is 9.47 Å². The maximum absolute atomic E-state index is 13.0. The molecule has 0 aromatic heterocycles. The molecule has 0 amide bonds. The number of fused-ring (bicyclic) bond motifs is 1. The van der Waals surface area contributed by atoms with Crippen LogP contribution < -0.4 is 14.8 Å². The molecular weight excluding hydrogens is 319 g/mol. The first-order chi connectivity index (χ1) is 12.3. The van der Waals surface area contributed by atoms with Gasteiger partial charge in [0.2, 0.25) is 0 Å². The fourth-order valence-corrected chi connectivity index (χ4v) is 3.54. The molecule has 1 fully saturated rings. The van der Waals surface area contributed by atoms with Crippen LogP contribution in [-0.4, -0.2) is 37.2 Å². The van der Waals surface area contributed by atoms with Crippen LogP contribution in [0.4, 0.5) is 10.1 Å². The lowest BCUT2D eigenvalue weighted by Crippen LogP contribution is -2.41. The van der Waals surface area contributed by atoms with Crippen molar-refractivity contribution < 1.29 is 13.9 Å². The van der Waals surface area contributed by atoms with Gasteiger partial charge < -0.3 is 14.8 Å². The van der Waals surface area contributed by atoms with Crippen molar-refractivity contribution in [1.82, 2.24) is 4.90 Å². The van der Waals surface area contributed by atoms with Crippen molar-refractivity contribution in [3.05, 3.63) is 53.8 Å². The molecule has 0 radical (unpaired) electrons. The number of benzene rings is 2. The van der Waals surface area contributed by atoms with Crippen molar-refractivity contribution in [3.63, 3.8) is 0 Å². The fourth-order valence-electron chi connectivity index (χ4n) is 3.54. The summed E-state index contributed by atoms with van der Waals surface area (Å²) in [7, 11) is 0. The Morgan fingerprint density at radius 3 is 2.68 bits per heavy atom. The summed E-state index contributed by atoms with van der Waals surface area (Å²) in [6, 6.07) is 13.2. The van der Waals surface area contributed by atoms with Crippen LogP contribution in [0.25, 0.3) is 0 Å². The van der Waals surface area contributed by atoms with Gasteiger partial charge in [-0.2, -0.15) is 0 Å². The summed E-state index contributed by atoms with van der Waals surface area (Å²) in [5.41, 5.74) is 2.22. The summed E-state index contributed by atoms with van der Waals surface area (Å²) >= 11 is 0. The lowest BCUT2D eigenvalue weighted by Gasteiger charge is -2.34. The van der Waals surface area contributed by atoms with Gasteiger partial charge in [0.15, 0.2) is 11.5 Å². The van der Waals surface area contributed by atoms with Gasteiger partial charge in [-0.05, 0) is 61.3 Å². The standard InChI is InChI=1S/C20H23FN2O2/c21-16-4-6-17(7-5-16)22-18-2-1-9-23(14-18)13-15-3-8-19-20(12-15)25-11-10-24-19/h3-8,12,18,22H,1-2,9-11,13-14H2. The van der Waals surface area contributed by atoms with Gasteiger partial charge in [0.25, 0.3) is 0 Å². The molecule has 132 valence electrons. The Labute approximate surface area is 147 Å². The van der Waals surface area contributed by atoms with E-state index in [0.717, 1.165) is 49.7 Å². The monoisotopic (exact) mass is 342 g/mol. The molecule has 0 spiro atoms. The van der Waals surface area contributed by atoms with Gasteiger partial charge in [0.05, 0.1) is 0 Å². The highest BCUT2D eigenvalue weighted by atomic mass is 19.1. The van der Waals surface area contributed by atoms with E-state index in [1.165, 1.54) is 17.7 Å². The molecule has 4 nitrogen and oxygen atoms in total. The number of nitrogens with zero attached hydrogens (tertiary/aromatic N) is 1. The molecule has 2 aliphatic heterocycles. The normalized spacial score (nSPS) is 20.3. The highest BCUT2D eigenvalue weighted by Crippen LogP contribution is 2.31. The number of hydrogen-bond acceptors (Lipinski definition) is 4. The summed E-state index contributed by atoms with van der Waals surface area (Å²) < 4.78 is 24.3. The molecule has 1 atom stereocenters. The molecule has 0 bridgehead atoms. The molecule has 2 aliphatic rings. The maximum atomic E-state index is 13.0. The fraction of sp³-hybridized carbons (Fsp3) is 0.400. The van der Waals surface area contributed by atoms with Crippen LogP contribution >= 0.6 is 0 Å². The number of ether oxygens (including phenoxy) is 2. The molecule has 2 aromatic carbocycles. The number of hydrogen-bond donors (Lipinski definition) is 1. The highest BCUT2D eigenvalue weighted by molar-refractivity contribution is 5.45. The van der Waals surface area contributed by atoms with Gasteiger partial charge in [-0.25, -0.2) is 4.39 Å². The number of piperidine rings is 1. The Balaban J connectivity index is 1.37. The third-order valence-electron chi connectivity index (χ3n) is 4.73. The van der Waals surface area contributed by atoms with Gasteiger partial charge in [-0.3, -0.25) is 4.90 Å². The lowest BCUT2D eigenvalue weighted by atomic mass is 10.0. The molecule has 1 saturated heterocycles. The molecule has 0 aliphatic carbocycles. The van der Waals surface area contributed by atoms with Gasteiger partial charge in [-0.15, -0.1) is 0 Å². The van der Waals surface area contributed by atoms with Gasteiger partial charge >= 0.3 is 0 Å². The summed E-state index contributed by atoms with van der Waals surface area (Å²) in [4.78, 5) is 2.45. The van der Waals surface area contributed by atoms with Crippen molar-refractivity contribution in [1.29, 1.82) is 0 Å². The van der Waals surface area contributed by atoms with E-state index < -0.39 is 0 Å². The number of halogens is 1. The van der Waals surface area contributed by atoms with Crippen LogP contribution in [0, 0.1) is 5.82 Å². The molecular formula is C20H23FN2O2. The number of rotatable bonds is 4. The molecule has 2 aromatic rings. The zero-order valence-electron chi connectivity index (χ0n) is 14.2. The third kappa shape index (κ3) is 4.04. The first-order valence-corrected chi connectivity index (χ1v) is 8.89. The first kappa shape index (κ1) is 16.2. The predicted molar refractivity (Wildman–Crippen MR) is 95.8 cm³/mol. The molecule has 0 saturated carbocycles. The first-order valence-electron chi connectivity index (χ1n) is 8.89. The average Bonchev–Trinajstić information content (AvgIpc) is 2.64. The zero-order valence-corrected chi connectivity index (χ0v) is 14.2. The van der Waals surface area contributed by atoms with Crippen molar-refractivity contribution in [3.8, 4) is 11.5 Å². The molecule has 1 unspecified atom stereocenters. The number of likely N-dealkylation sites (tertiary alicyclic amines) is 1. The minimum Gasteiger partial charge on any atom is -0.486 e. The second-order valence-corrected chi connectivity index (χ2v) is 6.70. The Morgan fingerprint density at radius 2 is 1.84 bits per heavy atom. The Hall–Kier alpha value is -2.27. The smallest absolute Gasteiger partial charge is 0.161 e. The molecule has 4 rings (SSSR count). The van der Waals surface area contributed by atoms with E-state index in [0.29, 0.717) is 19.3 Å². The second kappa shape index (κ2) is 7.31. The van der Waals surface area contributed by atoms with Gasteiger partial charge in [-0.1, -0.05) is 6.07 Å². The molecule has 25 heavy (non-hydrogen) atoms. The van der Waals surface area contributed by atoms with E-state index in [1.807, 2.05) is 6.07 Å². The van der Waals surface area contributed by atoms with Crippen LogP contribution in [0.5, 0.6) is 11.5 Å². The van der Waals surface area contributed by atoms with E-state index in [-0.39, 0.29) is 5.82 Å². The van der Waals surface area contributed by atoms with E-state index in [1.54, 1.807) is 12.1 Å². The summed E-state index contributed by atoms with van der Waals surface area (Å²) in [5.74, 6) is 1.49. The van der Waals surface area contributed by atoms with Gasteiger partial charge in [0.1, 0.15) is 19.0 Å². The average molecular weight is 342 g/mol. The minimum absolute atomic E-state index is 0.200. The predicted octanol–water partition coefficient (Wildman–Crippen LogP) is 3.67. The van der Waals surface area contributed by atoms with Crippen LogP contribution in [0.2, 0.25) is 0 Å². The summed E-state index contributed by atoms with van der Waals surface area (Å²) in [6.07, 6.45) is 2.29. The molecule has 2 heterocycles. The Kier molecular flexibility index (Phi) is 4.74. The largest absolute Gasteiger partial charge is 0.486 e. The number of anilines is 1. The second-order valence-electron chi connectivity index (χ2n) is 6.70. The van der Waals surface area contributed by atoms with Crippen molar-refractivity contribution in [2.45, 2.75) is 25.4 Å². The quantitative estimate of drug-likeness (QED) is 0.919. The summed E-state index contributed by atoms with van der Waals surface area (Å²) in [5, 5.41) is 3.52. The molecule has 1 N–H and O–H groups in total. The van der Waals surface area contributed by atoms with Crippen LogP contribution in [0.1, 0.15) is 18.4 Å². The Bertz CT molecular complexity index is 720. The third-order valence-corrected chi connectivity index (χ3v) is 4.73. The van der Waals surface area contributed by atoms with Gasteiger partial charge in [0, 0.05) is 24.8 Å². The topological polar surface area (TPSA) is 33.7 Å². The summed E-state index contributed by atoms with van der Waals surface area (Å²) in [6.45, 7) is 4.21. The highest BCUT2D eigenvalue weighted by Gasteiger charge is 2.20. The maximum Gasteiger partial charge on any atom is 0.161 e. The Morgan fingerprint density at radius 1 is 1.04 bits per heavy atom. The van der Waals surface area contributed by atoms with Crippen molar-refractivity contribution >= 4 is 5.69 Å².